The molecule has 6 heteroatoms. The Morgan fingerprint density at radius 2 is 1.53 bits per heavy atom. The molecule has 0 radical (unpaired) electrons. The standard InChI is InChI=1S/C11H18BrNO4/c1-3-16-10(14)7-9(13-6-5-12)8-11(15)17-4-2/h3-8H2,1-2H3. The van der Waals surface area contributed by atoms with Gasteiger partial charge in [-0.05, 0) is 13.8 Å². The second-order valence-electron chi connectivity index (χ2n) is 3.10. The number of carbonyl (C=O) groups is 2. The average Bonchev–Trinajstić information content (AvgIpc) is 2.26. The van der Waals surface area contributed by atoms with Crippen LogP contribution in [0.4, 0.5) is 0 Å². The minimum absolute atomic E-state index is 0.0413. The van der Waals surface area contributed by atoms with Crippen LogP contribution in [0.15, 0.2) is 4.99 Å². The smallest absolute Gasteiger partial charge is 0.311 e. The quantitative estimate of drug-likeness (QED) is 0.389. The molecule has 0 saturated carbocycles. The summed E-state index contributed by atoms with van der Waals surface area (Å²) in [4.78, 5) is 26.7. The zero-order chi connectivity index (χ0) is 13.1. The maximum Gasteiger partial charge on any atom is 0.311 e. The van der Waals surface area contributed by atoms with Gasteiger partial charge in [0.2, 0.25) is 0 Å². The molecule has 0 N–H and O–H groups in total. The highest BCUT2D eigenvalue weighted by Crippen LogP contribution is 2.00. The van der Waals surface area contributed by atoms with Crippen LogP contribution in [0.5, 0.6) is 0 Å². The molecule has 98 valence electrons. The van der Waals surface area contributed by atoms with Gasteiger partial charge >= 0.3 is 11.9 Å². The third kappa shape index (κ3) is 8.85. The molecule has 0 aromatic heterocycles. The molecule has 17 heavy (non-hydrogen) atoms. The van der Waals surface area contributed by atoms with E-state index in [1.807, 2.05) is 0 Å². The molecule has 0 bridgehead atoms. The van der Waals surface area contributed by atoms with Gasteiger partial charge in [-0.3, -0.25) is 14.6 Å². The van der Waals surface area contributed by atoms with Crippen molar-refractivity contribution in [1.82, 2.24) is 0 Å². The second kappa shape index (κ2) is 10.3. The molecule has 0 aromatic carbocycles. The van der Waals surface area contributed by atoms with E-state index in [0.29, 0.717) is 30.8 Å². The molecule has 0 aliphatic heterocycles. The van der Waals surface area contributed by atoms with E-state index < -0.39 is 0 Å². The van der Waals surface area contributed by atoms with Crippen LogP contribution in [0.25, 0.3) is 0 Å². The van der Waals surface area contributed by atoms with E-state index in [1.165, 1.54) is 0 Å². The second-order valence-corrected chi connectivity index (χ2v) is 3.89. The van der Waals surface area contributed by atoms with Crippen molar-refractivity contribution in [3.63, 3.8) is 0 Å². The Bertz CT molecular complexity index is 257. The van der Waals surface area contributed by atoms with Gasteiger partial charge in [0.05, 0.1) is 26.1 Å². The maximum absolute atomic E-state index is 11.3. The zero-order valence-electron chi connectivity index (χ0n) is 10.2. The fourth-order valence-corrected chi connectivity index (χ4v) is 1.31. The fourth-order valence-electron chi connectivity index (χ4n) is 1.13. The van der Waals surface area contributed by atoms with Gasteiger partial charge in [-0.2, -0.15) is 0 Å². The number of halogens is 1. The molecule has 0 heterocycles. The van der Waals surface area contributed by atoms with Gasteiger partial charge in [0, 0.05) is 17.6 Å². The first-order chi connectivity index (χ1) is 8.13. The van der Waals surface area contributed by atoms with Crippen LogP contribution in [0, 0.1) is 0 Å². The molecule has 0 unspecified atom stereocenters. The van der Waals surface area contributed by atoms with Crippen LogP contribution >= 0.6 is 15.9 Å². The minimum Gasteiger partial charge on any atom is -0.466 e. The Balaban J connectivity index is 4.33. The molecule has 0 saturated heterocycles. The number of alkyl halides is 1. The van der Waals surface area contributed by atoms with Gasteiger partial charge in [0.1, 0.15) is 0 Å². The molecule has 0 aliphatic rings. The Morgan fingerprint density at radius 1 is 1.06 bits per heavy atom. The molecular weight excluding hydrogens is 290 g/mol. The maximum atomic E-state index is 11.3. The number of aliphatic imine (C=N–C) groups is 1. The molecule has 0 aliphatic carbocycles. The first-order valence-corrected chi connectivity index (χ1v) is 6.65. The zero-order valence-corrected chi connectivity index (χ0v) is 11.8. The van der Waals surface area contributed by atoms with Crippen molar-refractivity contribution in [3.8, 4) is 0 Å². The molecule has 0 rings (SSSR count). The highest BCUT2D eigenvalue weighted by molar-refractivity contribution is 9.09. The lowest BCUT2D eigenvalue weighted by atomic mass is 10.2. The van der Waals surface area contributed by atoms with E-state index in [2.05, 4.69) is 20.9 Å². The van der Waals surface area contributed by atoms with Gasteiger partial charge < -0.3 is 9.47 Å². The van der Waals surface area contributed by atoms with Gasteiger partial charge in [-0.25, -0.2) is 0 Å². The van der Waals surface area contributed by atoms with Crippen molar-refractivity contribution >= 4 is 33.6 Å². The summed E-state index contributed by atoms with van der Waals surface area (Å²) in [7, 11) is 0. The van der Waals surface area contributed by atoms with Crippen molar-refractivity contribution in [3.05, 3.63) is 0 Å². The van der Waals surface area contributed by atoms with Crippen molar-refractivity contribution < 1.29 is 19.1 Å². The van der Waals surface area contributed by atoms with Crippen LogP contribution in [0.1, 0.15) is 26.7 Å². The molecule has 0 amide bonds. The van der Waals surface area contributed by atoms with E-state index in [0.717, 1.165) is 0 Å². The predicted molar refractivity (Wildman–Crippen MR) is 68.6 cm³/mol. The van der Waals surface area contributed by atoms with Gasteiger partial charge in [-0.15, -0.1) is 0 Å². The molecule has 5 nitrogen and oxygen atoms in total. The lowest BCUT2D eigenvalue weighted by Gasteiger charge is -2.06. The molecule has 0 atom stereocenters. The highest BCUT2D eigenvalue weighted by Gasteiger charge is 2.13. The summed E-state index contributed by atoms with van der Waals surface area (Å²) >= 11 is 3.23. The third-order valence-corrected chi connectivity index (χ3v) is 2.08. The van der Waals surface area contributed by atoms with E-state index in [9.17, 15) is 9.59 Å². The Kier molecular flexibility index (Phi) is 9.71. The first kappa shape index (κ1) is 16.1. The summed E-state index contributed by atoms with van der Waals surface area (Å²) in [6.45, 7) is 4.64. The van der Waals surface area contributed by atoms with Crippen molar-refractivity contribution in [2.24, 2.45) is 4.99 Å². The van der Waals surface area contributed by atoms with E-state index in [-0.39, 0.29) is 24.8 Å². The molecule has 0 fully saturated rings. The van der Waals surface area contributed by atoms with Crippen molar-refractivity contribution in [1.29, 1.82) is 0 Å². The summed E-state index contributed by atoms with van der Waals surface area (Å²) in [6.07, 6.45) is 0.0826. The fraction of sp³-hybridized carbons (Fsp3) is 0.727. The Morgan fingerprint density at radius 3 is 1.88 bits per heavy atom. The molecule has 0 aromatic rings. The normalized spacial score (nSPS) is 9.59. The van der Waals surface area contributed by atoms with Gasteiger partial charge in [0.25, 0.3) is 0 Å². The van der Waals surface area contributed by atoms with Crippen LogP contribution in [0.3, 0.4) is 0 Å². The number of carbonyl (C=O) groups excluding carboxylic acids is 2. The number of hydrogen-bond acceptors (Lipinski definition) is 5. The lowest BCUT2D eigenvalue weighted by molar-refractivity contribution is -0.141. The monoisotopic (exact) mass is 307 g/mol. The summed E-state index contributed by atoms with van der Waals surface area (Å²) in [5.74, 6) is -0.741. The van der Waals surface area contributed by atoms with Gasteiger partial charge in [0.15, 0.2) is 0 Å². The van der Waals surface area contributed by atoms with Crippen LogP contribution in [-0.4, -0.2) is 42.7 Å². The number of esters is 2. The van der Waals surface area contributed by atoms with E-state index >= 15 is 0 Å². The highest BCUT2D eigenvalue weighted by atomic mass is 79.9. The Labute approximate surface area is 110 Å². The number of rotatable bonds is 8. The largest absolute Gasteiger partial charge is 0.466 e. The first-order valence-electron chi connectivity index (χ1n) is 5.53. The third-order valence-electron chi connectivity index (χ3n) is 1.73. The summed E-state index contributed by atoms with van der Waals surface area (Å²) in [5.41, 5.74) is 0.501. The average molecular weight is 308 g/mol. The van der Waals surface area contributed by atoms with Crippen LogP contribution in [-0.2, 0) is 19.1 Å². The summed E-state index contributed by atoms with van der Waals surface area (Å²) in [6, 6.07) is 0. The van der Waals surface area contributed by atoms with E-state index in [4.69, 9.17) is 9.47 Å². The molecule has 0 spiro atoms. The Hall–Kier alpha value is -0.910. The topological polar surface area (TPSA) is 65.0 Å². The predicted octanol–water partition coefficient (Wildman–Crippen LogP) is 1.73. The summed E-state index contributed by atoms with van der Waals surface area (Å²) in [5, 5.41) is 0.683. The van der Waals surface area contributed by atoms with Crippen molar-refractivity contribution in [2.75, 3.05) is 25.1 Å². The number of ether oxygens (including phenoxy) is 2. The SMILES string of the molecule is CCOC(=O)CC(CC(=O)OCC)=NCCBr. The van der Waals surface area contributed by atoms with Crippen LogP contribution < -0.4 is 0 Å². The lowest BCUT2D eigenvalue weighted by Crippen LogP contribution is -2.17. The van der Waals surface area contributed by atoms with Crippen LogP contribution in [0.2, 0.25) is 0 Å². The van der Waals surface area contributed by atoms with Crippen molar-refractivity contribution in [2.45, 2.75) is 26.7 Å². The summed E-state index contributed by atoms with van der Waals surface area (Å²) < 4.78 is 9.62. The van der Waals surface area contributed by atoms with E-state index in [1.54, 1.807) is 13.8 Å². The van der Waals surface area contributed by atoms with Gasteiger partial charge in [-0.1, -0.05) is 15.9 Å². The number of nitrogens with zero attached hydrogens (tertiary/aromatic N) is 1. The number of hydrogen-bond donors (Lipinski definition) is 0. The molecular formula is C11H18BrNO4. The minimum atomic E-state index is -0.370.